The van der Waals surface area contributed by atoms with Crippen molar-refractivity contribution in [2.75, 3.05) is 0 Å². The first-order valence-electron chi connectivity index (χ1n) is 7.90. The van der Waals surface area contributed by atoms with E-state index in [9.17, 15) is 9.59 Å². The van der Waals surface area contributed by atoms with Crippen LogP contribution in [0.15, 0.2) is 63.1 Å². The predicted molar refractivity (Wildman–Crippen MR) is 107 cm³/mol. The van der Waals surface area contributed by atoms with Gasteiger partial charge in [-0.05, 0) is 24.3 Å². The van der Waals surface area contributed by atoms with Crippen LogP contribution < -0.4 is 16.0 Å². The van der Waals surface area contributed by atoms with Gasteiger partial charge >= 0.3 is 5.69 Å². The van der Waals surface area contributed by atoms with Gasteiger partial charge in [0.25, 0.3) is 5.56 Å². The Bertz CT molecular complexity index is 1150. The topological polar surface area (TPSA) is 65.6 Å². The summed E-state index contributed by atoms with van der Waals surface area (Å²) < 4.78 is 8.02. The molecule has 1 aromatic heterocycles. The van der Waals surface area contributed by atoms with Gasteiger partial charge in [-0.2, -0.15) is 0 Å². The van der Waals surface area contributed by atoms with Gasteiger partial charge in [-0.25, -0.2) is 4.79 Å². The summed E-state index contributed by atoms with van der Waals surface area (Å²) in [4.78, 5) is 28.3. The van der Waals surface area contributed by atoms with Crippen molar-refractivity contribution in [3.8, 4) is 11.6 Å². The fraction of sp³-hybridized carbons (Fsp3) is 0.105. The van der Waals surface area contributed by atoms with E-state index in [1.807, 2.05) is 0 Å². The van der Waals surface area contributed by atoms with Crippen LogP contribution in [0.3, 0.4) is 0 Å². The Morgan fingerprint density at radius 3 is 2.48 bits per heavy atom. The molecule has 1 heterocycles. The van der Waals surface area contributed by atoms with Crippen molar-refractivity contribution < 1.29 is 4.74 Å². The number of nitrogens with zero attached hydrogens (tertiary/aromatic N) is 3. The molecule has 0 aliphatic heterocycles. The van der Waals surface area contributed by atoms with Crippen LogP contribution in [0.1, 0.15) is 5.56 Å². The Morgan fingerprint density at radius 2 is 1.74 bits per heavy atom. The number of hydrogen-bond donors (Lipinski definition) is 0. The van der Waals surface area contributed by atoms with Crippen LogP contribution in [0.2, 0.25) is 10.0 Å². The monoisotopic (exact) mass is 403 g/mol. The molecule has 0 bridgehead atoms. The van der Waals surface area contributed by atoms with Crippen LogP contribution in [0.4, 0.5) is 5.69 Å². The number of halogens is 2. The van der Waals surface area contributed by atoms with Gasteiger partial charge in [0.15, 0.2) is 5.75 Å². The predicted octanol–water partition coefficient (Wildman–Crippen LogP) is 3.93. The third-order valence-electron chi connectivity index (χ3n) is 3.87. The lowest BCUT2D eigenvalue weighted by Gasteiger charge is -2.12. The molecule has 0 N–H and O–H groups in total. The minimum absolute atomic E-state index is 0.121. The first-order valence-corrected chi connectivity index (χ1v) is 8.65. The summed E-state index contributed by atoms with van der Waals surface area (Å²) in [5.41, 5.74) is 0.266. The summed E-state index contributed by atoms with van der Waals surface area (Å²) in [5, 5.41) is 1.01. The average Bonchev–Trinajstić information content (AvgIpc) is 2.64. The van der Waals surface area contributed by atoms with Gasteiger partial charge in [0.2, 0.25) is 5.88 Å². The molecule has 0 fully saturated rings. The molecule has 0 radical (unpaired) electrons. The van der Waals surface area contributed by atoms with Gasteiger partial charge in [-0.3, -0.25) is 18.9 Å². The van der Waals surface area contributed by atoms with Crippen LogP contribution in [0, 0.1) is 0 Å². The molecule has 0 atom stereocenters. The molecule has 138 valence electrons. The summed E-state index contributed by atoms with van der Waals surface area (Å²) >= 11 is 12.1. The second kappa shape index (κ2) is 7.82. The molecular formula is C19H15Cl2N3O3. The van der Waals surface area contributed by atoms with E-state index in [-0.39, 0.29) is 5.88 Å². The van der Waals surface area contributed by atoms with E-state index in [0.717, 1.165) is 4.57 Å². The van der Waals surface area contributed by atoms with Crippen molar-refractivity contribution in [3.05, 3.63) is 85.0 Å². The van der Waals surface area contributed by atoms with E-state index >= 15 is 0 Å². The zero-order valence-corrected chi connectivity index (χ0v) is 16.0. The zero-order valence-electron chi connectivity index (χ0n) is 14.5. The summed E-state index contributed by atoms with van der Waals surface area (Å²) in [6.45, 7) is 0. The normalized spacial score (nSPS) is 11.1. The SMILES string of the molecule is Cn1c(Oc2ccccc2N=Cc2ccc(Cl)cc2Cl)cc(=O)n(C)c1=O. The fourth-order valence-electron chi connectivity index (χ4n) is 2.32. The first-order chi connectivity index (χ1) is 12.9. The molecule has 8 heteroatoms. The van der Waals surface area contributed by atoms with Gasteiger partial charge < -0.3 is 4.74 Å². The van der Waals surface area contributed by atoms with Crippen molar-refractivity contribution in [1.29, 1.82) is 0 Å². The average molecular weight is 404 g/mol. The lowest BCUT2D eigenvalue weighted by Crippen LogP contribution is -2.36. The maximum Gasteiger partial charge on any atom is 0.333 e. The number of para-hydroxylation sites is 2. The molecule has 0 spiro atoms. The molecule has 3 aromatic rings. The summed E-state index contributed by atoms with van der Waals surface area (Å²) in [7, 11) is 2.93. The van der Waals surface area contributed by atoms with Crippen LogP contribution in [-0.4, -0.2) is 15.3 Å². The molecule has 6 nitrogen and oxygen atoms in total. The van der Waals surface area contributed by atoms with Crippen LogP contribution in [0.5, 0.6) is 11.6 Å². The van der Waals surface area contributed by atoms with Gasteiger partial charge in [0.05, 0.1) is 11.1 Å². The standard InChI is InChI=1S/C19H15Cl2N3O3/c1-23-17(25)10-18(24(2)19(23)26)27-16-6-4-3-5-15(16)22-11-12-7-8-13(20)9-14(12)21/h3-11H,1-2H3. The van der Waals surface area contributed by atoms with Gasteiger partial charge in [0, 0.05) is 30.9 Å². The lowest BCUT2D eigenvalue weighted by molar-refractivity contribution is 0.424. The molecule has 0 aliphatic rings. The minimum atomic E-state index is -0.480. The van der Waals surface area contributed by atoms with Crippen LogP contribution in [-0.2, 0) is 14.1 Å². The smallest absolute Gasteiger partial charge is 0.333 e. The van der Waals surface area contributed by atoms with Gasteiger partial charge in [-0.1, -0.05) is 41.4 Å². The van der Waals surface area contributed by atoms with Gasteiger partial charge in [-0.15, -0.1) is 0 Å². The Kier molecular flexibility index (Phi) is 5.48. The quantitative estimate of drug-likeness (QED) is 0.619. The number of aromatic nitrogens is 2. The Labute approximate surface area is 164 Å². The summed E-state index contributed by atoms with van der Waals surface area (Å²) in [6.07, 6.45) is 1.59. The summed E-state index contributed by atoms with van der Waals surface area (Å²) in [6, 6.07) is 13.3. The van der Waals surface area contributed by atoms with Crippen molar-refractivity contribution in [1.82, 2.24) is 9.13 Å². The molecule has 27 heavy (non-hydrogen) atoms. The molecule has 0 amide bonds. The third kappa shape index (κ3) is 4.13. The molecule has 2 aromatic carbocycles. The molecule has 0 saturated carbocycles. The number of rotatable bonds is 4. The van der Waals surface area contributed by atoms with Gasteiger partial charge in [0.1, 0.15) is 5.69 Å². The van der Waals surface area contributed by atoms with E-state index in [2.05, 4.69) is 4.99 Å². The van der Waals surface area contributed by atoms with Crippen molar-refractivity contribution >= 4 is 35.1 Å². The maximum atomic E-state index is 12.1. The van der Waals surface area contributed by atoms with E-state index < -0.39 is 11.2 Å². The van der Waals surface area contributed by atoms with Crippen molar-refractivity contribution in [2.45, 2.75) is 0 Å². The highest BCUT2D eigenvalue weighted by Crippen LogP contribution is 2.31. The van der Waals surface area contributed by atoms with Crippen LogP contribution >= 0.6 is 23.2 Å². The Balaban J connectivity index is 1.97. The largest absolute Gasteiger partial charge is 0.438 e. The minimum Gasteiger partial charge on any atom is -0.438 e. The highest BCUT2D eigenvalue weighted by Gasteiger charge is 2.10. The number of benzene rings is 2. The van der Waals surface area contributed by atoms with Crippen LogP contribution in [0.25, 0.3) is 0 Å². The van der Waals surface area contributed by atoms with Crippen molar-refractivity contribution in [2.24, 2.45) is 19.1 Å². The number of aliphatic imine (C=N–C) groups is 1. The zero-order chi connectivity index (χ0) is 19.6. The molecule has 3 rings (SSSR count). The highest BCUT2D eigenvalue weighted by molar-refractivity contribution is 6.36. The second-order valence-electron chi connectivity index (χ2n) is 5.72. The third-order valence-corrected chi connectivity index (χ3v) is 4.43. The van der Waals surface area contributed by atoms with E-state index in [1.54, 1.807) is 48.7 Å². The molecule has 0 aliphatic carbocycles. The fourth-order valence-corrected chi connectivity index (χ4v) is 2.78. The molecule has 0 saturated heterocycles. The number of hydrogen-bond acceptors (Lipinski definition) is 4. The molecular weight excluding hydrogens is 389 g/mol. The highest BCUT2D eigenvalue weighted by atomic mass is 35.5. The first kappa shape index (κ1) is 18.9. The molecule has 0 unspecified atom stereocenters. The second-order valence-corrected chi connectivity index (χ2v) is 6.56. The Morgan fingerprint density at radius 1 is 1.00 bits per heavy atom. The summed E-state index contributed by atoms with van der Waals surface area (Å²) in [5.74, 6) is 0.511. The lowest BCUT2D eigenvalue weighted by atomic mass is 10.2. The van der Waals surface area contributed by atoms with E-state index in [1.165, 1.54) is 24.7 Å². The number of ether oxygens (including phenoxy) is 1. The van der Waals surface area contributed by atoms with Crippen molar-refractivity contribution in [3.63, 3.8) is 0 Å². The maximum absolute atomic E-state index is 12.1. The Hall–Kier alpha value is -2.83. The van der Waals surface area contributed by atoms with E-state index in [4.69, 9.17) is 27.9 Å². The van der Waals surface area contributed by atoms with E-state index in [0.29, 0.717) is 27.0 Å².